The summed E-state index contributed by atoms with van der Waals surface area (Å²) >= 11 is 0.491. The summed E-state index contributed by atoms with van der Waals surface area (Å²) in [4.78, 5) is 10.9. The maximum absolute atomic E-state index is 12.9. The molecule has 0 radical (unpaired) electrons. The molecule has 1 aliphatic rings. The van der Waals surface area contributed by atoms with E-state index in [1.807, 2.05) is 35.2 Å². The lowest BCUT2D eigenvalue weighted by atomic mass is 10.3. The van der Waals surface area contributed by atoms with Gasteiger partial charge in [0.05, 0.1) is 18.9 Å². The highest BCUT2D eigenvalue weighted by Gasteiger charge is 2.35. The van der Waals surface area contributed by atoms with Crippen molar-refractivity contribution < 1.29 is 17.9 Å². The Balaban J connectivity index is 2.03. The van der Waals surface area contributed by atoms with Gasteiger partial charge in [-0.05, 0) is 12.1 Å². The van der Waals surface area contributed by atoms with E-state index in [-0.39, 0.29) is 4.80 Å². The molecular weight excluding hydrogens is 355 g/mol. The lowest BCUT2D eigenvalue weighted by Crippen LogP contribution is -2.40. The molecular formula is C15H16F3N5OS. The zero-order valence-corrected chi connectivity index (χ0v) is 14.2. The van der Waals surface area contributed by atoms with Crippen molar-refractivity contribution in [2.45, 2.75) is 6.18 Å². The quantitative estimate of drug-likeness (QED) is 0.572. The number of aromatic nitrogens is 2. The van der Waals surface area contributed by atoms with E-state index in [9.17, 15) is 13.2 Å². The molecule has 1 aliphatic heterocycles. The molecule has 6 nitrogen and oxygen atoms in total. The highest BCUT2D eigenvalue weighted by atomic mass is 32.1. The zero-order valence-electron chi connectivity index (χ0n) is 13.4. The van der Waals surface area contributed by atoms with Crippen LogP contribution in [-0.4, -0.2) is 46.9 Å². The van der Waals surface area contributed by atoms with Crippen LogP contribution in [0.5, 0.6) is 0 Å². The van der Waals surface area contributed by atoms with Crippen LogP contribution in [0.2, 0.25) is 0 Å². The van der Waals surface area contributed by atoms with Crippen LogP contribution in [0.15, 0.2) is 40.3 Å². The van der Waals surface area contributed by atoms with E-state index in [2.05, 4.69) is 15.1 Å². The third kappa shape index (κ3) is 4.45. The first-order valence-electron chi connectivity index (χ1n) is 7.56. The van der Waals surface area contributed by atoms with Gasteiger partial charge in [0.1, 0.15) is 0 Å². The Morgan fingerprint density at radius 3 is 2.48 bits per heavy atom. The third-order valence-corrected chi connectivity index (χ3v) is 4.47. The summed E-state index contributed by atoms with van der Waals surface area (Å²) < 4.78 is 45.0. The topological polar surface area (TPSA) is 55.0 Å². The number of morpholine rings is 1. The number of guanidine groups is 1. The van der Waals surface area contributed by atoms with E-state index in [1.54, 1.807) is 0 Å². The number of aliphatic imine (C=N–C) groups is 1. The number of nitrogens with zero attached hydrogens (tertiary/aromatic N) is 5. The van der Waals surface area contributed by atoms with Crippen LogP contribution < -0.4 is 4.80 Å². The molecule has 0 spiro atoms. The van der Waals surface area contributed by atoms with Gasteiger partial charge in [0, 0.05) is 20.1 Å². The summed E-state index contributed by atoms with van der Waals surface area (Å²) in [6, 6.07) is 9.16. The molecule has 0 N–H and O–H groups in total. The summed E-state index contributed by atoms with van der Waals surface area (Å²) in [6.45, 7) is 2.19. The van der Waals surface area contributed by atoms with E-state index in [0.717, 1.165) is 4.68 Å². The van der Waals surface area contributed by atoms with Crippen molar-refractivity contribution >= 4 is 23.0 Å². The Hall–Kier alpha value is -2.20. The van der Waals surface area contributed by atoms with Crippen LogP contribution >= 0.6 is 11.3 Å². The molecule has 134 valence electrons. The Bertz CT molecular complexity index is 807. The number of alkyl halides is 3. The van der Waals surface area contributed by atoms with Crippen molar-refractivity contribution in [1.29, 1.82) is 0 Å². The van der Waals surface area contributed by atoms with E-state index in [4.69, 9.17) is 4.74 Å². The van der Waals surface area contributed by atoms with Gasteiger partial charge in [-0.15, -0.1) is 0 Å². The first kappa shape index (κ1) is 17.6. The van der Waals surface area contributed by atoms with Crippen molar-refractivity contribution in [2.24, 2.45) is 17.0 Å². The van der Waals surface area contributed by atoms with Gasteiger partial charge in [0.25, 0.3) is 0 Å². The number of rotatable bonds is 1. The van der Waals surface area contributed by atoms with E-state index in [0.29, 0.717) is 49.3 Å². The predicted octanol–water partition coefficient (Wildman–Crippen LogP) is 2.42. The minimum atomic E-state index is -4.49. The number of hydrogen-bond donors (Lipinski definition) is 0. The fraction of sp³-hybridized carbons (Fsp3) is 0.400. The van der Waals surface area contributed by atoms with Gasteiger partial charge in [-0.1, -0.05) is 29.5 Å². The minimum absolute atomic E-state index is 0.133. The molecule has 0 amide bonds. The molecule has 2 aromatic rings. The standard InChI is InChI=1S/C15H16F3N5OS/c1-22-14(25-12(21-22)15(16,17)18)20-13(23-7-9-24-10-8-23)19-11-5-3-2-4-6-11/h2-6H,7-10H2,1H3. The molecule has 0 unspecified atom stereocenters. The highest BCUT2D eigenvalue weighted by Crippen LogP contribution is 2.28. The molecule has 0 aliphatic carbocycles. The largest absolute Gasteiger partial charge is 0.445 e. The fourth-order valence-electron chi connectivity index (χ4n) is 2.20. The van der Waals surface area contributed by atoms with Crippen molar-refractivity contribution in [3.05, 3.63) is 40.1 Å². The Morgan fingerprint density at radius 1 is 1.20 bits per heavy atom. The van der Waals surface area contributed by atoms with Crippen LogP contribution in [0, 0.1) is 0 Å². The smallest absolute Gasteiger partial charge is 0.378 e. The van der Waals surface area contributed by atoms with Gasteiger partial charge in [0.15, 0.2) is 0 Å². The number of benzene rings is 1. The lowest BCUT2D eigenvalue weighted by Gasteiger charge is -2.27. The number of para-hydroxylation sites is 1. The second-order valence-corrected chi connectivity index (χ2v) is 6.23. The highest BCUT2D eigenvalue weighted by molar-refractivity contribution is 7.09. The summed E-state index contributed by atoms with van der Waals surface area (Å²) in [5.41, 5.74) is 0.677. The third-order valence-electron chi connectivity index (χ3n) is 3.42. The second kappa shape index (κ2) is 7.36. The van der Waals surface area contributed by atoms with Gasteiger partial charge in [-0.2, -0.15) is 23.3 Å². The van der Waals surface area contributed by atoms with Crippen LogP contribution in [0.4, 0.5) is 18.9 Å². The minimum Gasteiger partial charge on any atom is -0.378 e. The fourth-order valence-corrected chi connectivity index (χ4v) is 2.95. The monoisotopic (exact) mass is 371 g/mol. The molecule has 1 aromatic carbocycles. The average Bonchev–Trinajstić information content (AvgIpc) is 2.97. The van der Waals surface area contributed by atoms with Gasteiger partial charge in [-0.25, -0.2) is 9.67 Å². The van der Waals surface area contributed by atoms with Crippen molar-refractivity contribution in [1.82, 2.24) is 14.7 Å². The van der Waals surface area contributed by atoms with Crippen LogP contribution in [0.25, 0.3) is 0 Å². The zero-order chi connectivity index (χ0) is 17.9. The summed E-state index contributed by atoms with van der Waals surface area (Å²) in [5.74, 6) is 0.350. The van der Waals surface area contributed by atoms with Gasteiger partial charge >= 0.3 is 6.18 Å². The Morgan fingerprint density at radius 2 is 1.88 bits per heavy atom. The molecule has 0 atom stereocenters. The van der Waals surface area contributed by atoms with Crippen molar-refractivity contribution in [3.63, 3.8) is 0 Å². The molecule has 1 saturated heterocycles. The van der Waals surface area contributed by atoms with Crippen LogP contribution in [0.3, 0.4) is 0 Å². The maximum Gasteiger partial charge on any atom is 0.445 e. The molecule has 0 bridgehead atoms. The van der Waals surface area contributed by atoms with E-state index in [1.165, 1.54) is 7.05 Å². The molecule has 3 rings (SSSR count). The van der Waals surface area contributed by atoms with Crippen LogP contribution in [0.1, 0.15) is 5.01 Å². The SMILES string of the molecule is Cn1nc(C(F)(F)F)sc1=NC(=Nc1ccccc1)N1CCOCC1. The van der Waals surface area contributed by atoms with Crippen molar-refractivity contribution in [3.8, 4) is 0 Å². The first-order valence-corrected chi connectivity index (χ1v) is 8.37. The van der Waals surface area contributed by atoms with Crippen LogP contribution in [-0.2, 0) is 18.0 Å². The summed E-state index contributed by atoms with van der Waals surface area (Å²) in [7, 11) is 1.43. The molecule has 1 aromatic heterocycles. The average molecular weight is 371 g/mol. The molecule has 10 heteroatoms. The summed E-state index contributed by atoms with van der Waals surface area (Å²) in [6.07, 6.45) is -4.49. The Kier molecular flexibility index (Phi) is 5.19. The number of halogens is 3. The van der Waals surface area contributed by atoms with E-state index >= 15 is 0 Å². The normalized spacial score (nSPS) is 17.2. The molecule has 0 saturated carbocycles. The van der Waals surface area contributed by atoms with Gasteiger partial charge in [0.2, 0.25) is 15.8 Å². The molecule has 25 heavy (non-hydrogen) atoms. The lowest BCUT2D eigenvalue weighted by molar-refractivity contribution is -0.138. The predicted molar refractivity (Wildman–Crippen MR) is 87.6 cm³/mol. The van der Waals surface area contributed by atoms with Gasteiger partial charge < -0.3 is 9.64 Å². The maximum atomic E-state index is 12.9. The number of hydrogen-bond acceptors (Lipinski definition) is 4. The number of aryl methyl sites for hydroxylation is 1. The van der Waals surface area contributed by atoms with Gasteiger partial charge in [-0.3, -0.25) is 0 Å². The Labute approximate surface area is 145 Å². The number of ether oxygens (including phenoxy) is 1. The van der Waals surface area contributed by atoms with Crippen molar-refractivity contribution in [2.75, 3.05) is 26.3 Å². The molecule has 2 heterocycles. The summed E-state index contributed by atoms with van der Waals surface area (Å²) in [5, 5.41) is 2.57. The van der Waals surface area contributed by atoms with E-state index < -0.39 is 11.2 Å². The first-order chi connectivity index (χ1) is 11.9. The second-order valence-electron chi connectivity index (χ2n) is 5.27. The molecule has 1 fully saturated rings.